The van der Waals surface area contributed by atoms with Crippen LogP contribution >= 0.6 is 11.6 Å². The molecule has 0 saturated carbocycles. The third kappa shape index (κ3) is 6.63. The lowest BCUT2D eigenvalue weighted by Crippen LogP contribution is -2.47. The van der Waals surface area contributed by atoms with E-state index in [2.05, 4.69) is 10.8 Å². The van der Waals surface area contributed by atoms with Crippen molar-refractivity contribution in [2.24, 2.45) is 0 Å². The van der Waals surface area contributed by atoms with Crippen molar-refractivity contribution in [2.45, 2.75) is 37.4 Å². The molecule has 2 aromatic carbocycles. The Kier molecular flexibility index (Phi) is 9.21. The lowest BCUT2D eigenvalue weighted by molar-refractivity contribution is -0.132. The highest BCUT2D eigenvalue weighted by atomic mass is 35.5. The zero-order valence-electron chi connectivity index (χ0n) is 21.1. The monoisotopic (exact) mass is 544 g/mol. The Balaban J connectivity index is 1.88. The van der Waals surface area contributed by atoms with Crippen LogP contribution in [0, 0.1) is 18.3 Å². The second-order valence-electron chi connectivity index (χ2n) is 8.43. The molecule has 1 amide bonds. The van der Waals surface area contributed by atoms with E-state index >= 15 is 0 Å². The summed E-state index contributed by atoms with van der Waals surface area (Å²) in [7, 11) is 0.513. The molecule has 0 radical (unpaired) electrons. The average Bonchev–Trinajstić information content (AvgIpc) is 3.33. The van der Waals surface area contributed by atoms with E-state index in [9.17, 15) is 18.5 Å². The molecule has 3 rings (SSSR count). The van der Waals surface area contributed by atoms with E-state index in [1.807, 2.05) is 0 Å². The fourth-order valence-corrected chi connectivity index (χ4v) is 6.07. The predicted molar refractivity (Wildman–Crippen MR) is 140 cm³/mol. The first-order chi connectivity index (χ1) is 17.6. The molecule has 0 saturated heterocycles. The number of carbonyl (C=O) groups excluding carboxylic acids is 1. The molecule has 0 aliphatic heterocycles. The molecule has 0 aliphatic rings. The number of sulfonamides is 1. The van der Waals surface area contributed by atoms with Crippen LogP contribution in [0.2, 0.25) is 5.02 Å². The topological polar surface area (TPSA) is 114 Å². The van der Waals surface area contributed by atoms with Crippen LogP contribution in [0.1, 0.15) is 23.2 Å². The molecule has 0 aliphatic carbocycles. The Hall–Kier alpha value is -3.52. The number of ether oxygens (including phenoxy) is 2. The molecule has 0 fully saturated rings. The van der Waals surface area contributed by atoms with Crippen LogP contribution < -0.4 is 14.2 Å². The van der Waals surface area contributed by atoms with Crippen LogP contribution in [0.5, 0.6) is 11.5 Å². The van der Waals surface area contributed by atoms with Crippen LogP contribution in [0.25, 0.3) is 0 Å². The minimum absolute atomic E-state index is 0.0644. The molecule has 1 unspecified atom stereocenters. The first kappa shape index (κ1) is 28.1. The Labute approximate surface area is 222 Å². The van der Waals surface area contributed by atoms with Crippen molar-refractivity contribution < 1.29 is 22.7 Å². The van der Waals surface area contributed by atoms with Gasteiger partial charge in [-0.1, -0.05) is 29.8 Å². The van der Waals surface area contributed by atoms with E-state index in [-0.39, 0.29) is 29.4 Å². The third-order valence-corrected chi connectivity index (χ3v) is 7.98. The molecule has 196 valence electrons. The maximum Gasteiger partial charge on any atom is 0.243 e. The highest BCUT2D eigenvalue weighted by Gasteiger charge is 2.30. The summed E-state index contributed by atoms with van der Waals surface area (Å²) in [5.41, 5.74) is 1.64. The fraction of sp³-hybridized carbons (Fsp3) is 0.308. The summed E-state index contributed by atoms with van der Waals surface area (Å²) in [6.07, 6.45) is 1.82. The summed E-state index contributed by atoms with van der Waals surface area (Å²) in [5, 5.41) is 9.38. The van der Waals surface area contributed by atoms with Gasteiger partial charge in [-0.05, 0) is 54.8 Å². The number of amides is 1. The standard InChI is InChI=1S/C26H29ClN4O5S/c1-18-7-5-9-21(27)25(18)37(33,34)29-22(12-14-31-13-6-8-20(31)16-28)26(32)30(2)17-19-10-11-23(35-3)24(15-19)36-4/h5-11,13,15,22,29H,12,14,17H2,1-4H3. The highest BCUT2D eigenvalue weighted by molar-refractivity contribution is 7.89. The molecule has 37 heavy (non-hydrogen) atoms. The number of nitriles is 1. The van der Waals surface area contributed by atoms with E-state index in [0.717, 1.165) is 5.56 Å². The zero-order chi connectivity index (χ0) is 27.2. The summed E-state index contributed by atoms with van der Waals surface area (Å²) in [6.45, 7) is 2.09. The van der Waals surface area contributed by atoms with Gasteiger partial charge in [-0.3, -0.25) is 4.79 Å². The number of nitrogens with zero attached hydrogens (tertiary/aromatic N) is 3. The minimum atomic E-state index is -4.14. The van der Waals surface area contributed by atoms with E-state index < -0.39 is 22.0 Å². The molecule has 11 heteroatoms. The molecule has 0 spiro atoms. The van der Waals surface area contributed by atoms with Gasteiger partial charge in [0, 0.05) is 26.3 Å². The number of aryl methyl sites for hydroxylation is 2. The predicted octanol–water partition coefficient (Wildman–Crippen LogP) is 3.73. The van der Waals surface area contributed by atoms with Gasteiger partial charge in [0.1, 0.15) is 22.7 Å². The first-order valence-electron chi connectivity index (χ1n) is 11.4. The molecule has 1 atom stereocenters. The van der Waals surface area contributed by atoms with Crippen LogP contribution in [0.4, 0.5) is 0 Å². The maximum absolute atomic E-state index is 13.6. The van der Waals surface area contributed by atoms with Crippen molar-refractivity contribution in [3.05, 3.63) is 76.6 Å². The van der Waals surface area contributed by atoms with Gasteiger partial charge < -0.3 is 18.9 Å². The molecule has 1 heterocycles. The number of carbonyl (C=O) groups is 1. The Morgan fingerprint density at radius 1 is 1.16 bits per heavy atom. The van der Waals surface area contributed by atoms with Gasteiger partial charge in [0.2, 0.25) is 15.9 Å². The number of hydrogen-bond acceptors (Lipinski definition) is 6. The molecule has 1 aromatic heterocycles. The van der Waals surface area contributed by atoms with Crippen molar-refractivity contribution in [3.8, 4) is 17.6 Å². The Bertz CT molecular complexity index is 1390. The molecule has 1 N–H and O–H groups in total. The van der Waals surface area contributed by atoms with Crippen molar-refractivity contribution in [2.75, 3.05) is 21.3 Å². The molecule has 3 aromatic rings. The summed E-state index contributed by atoms with van der Waals surface area (Å²) < 4.78 is 41.5. The van der Waals surface area contributed by atoms with Gasteiger partial charge in [-0.15, -0.1) is 0 Å². The number of likely N-dealkylation sites (N-methyl/N-ethyl adjacent to an activating group) is 1. The van der Waals surface area contributed by atoms with Crippen LogP contribution in [-0.2, 0) is 27.9 Å². The number of hydrogen-bond donors (Lipinski definition) is 1. The van der Waals surface area contributed by atoms with Gasteiger partial charge >= 0.3 is 0 Å². The fourth-order valence-electron chi connectivity index (χ4n) is 4.01. The summed E-state index contributed by atoms with van der Waals surface area (Å²) in [4.78, 5) is 14.9. The molecule has 0 bridgehead atoms. The summed E-state index contributed by atoms with van der Waals surface area (Å²) >= 11 is 6.22. The second-order valence-corrected chi connectivity index (χ2v) is 10.5. The van der Waals surface area contributed by atoms with E-state index in [4.69, 9.17) is 21.1 Å². The van der Waals surface area contributed by atoms with Crippen molar-refractivity contribution in [1.82, 2.24) is 14.2 Å². The van der Waals surface area contributed by atoms with E-state index in [0.29, 0.717) is 22.8 Å². The summed E-state index contributed by atoms with van der Waals surface area (Å²) in [6, 6.07) is 14.4. The van der Waals surface area contributed by atoms with Crippen molar-refractivity contribution in [3.63, 3.8) is 0 Å². The van der Waals surface area contributed by atoms with Gasteiger partial charge in [0.05, 0.1) is 19.2 Å². The summed E-state index contributed by atoms with van der Waals surface area (Å²) in [5.74, 6) is 0.638. The Morgan fingerprint density at radius 2 is 1.89 bits per heavy atom. The number of benzene rings is 2. The van der Waals surface area contributed by atoms with Gasteiger partial charge in [0.25, 0.3) is 0 Å². The van der Waals surface area contributed by atoms with Crippen LogP contribution in [0.15, 0.2) is 59.6 Å². The third-order valence-electron chi connectivity index (χ3n) is 5.87. The molecular formula is C26H29ClN4O5S. The van der Waals surface area contributed by atoms with Gasteiger partial charge in [-0.25, -0.2) is 8.42 Å². The van der Waals surface area contributed by atoms with Gasteiger partial charge in [0.15, 0.2) is 11.5 Å². The quantitative estimate of drug-likeness (QED) is 0.393. The number of rotatable bonds is 11. The smallest absolute Gasteiger partial charge is 0.243 e. The zero-order valence-corrected chi connectivity index (χ0v) is 22.6. The van der Waals surface area contributed by atoms with Crippen molar-refractivity contribution >= 4 is 27.5 Å². The van der Waals surface area contributed by atoms with Crippen LogP contribution in [0.3, 0.4) is 0 Å². The highest BCUT2D eigenvalue weighted by Crippen LogP contribution is 2.28. The lowest BCUT2D eigenvalue weighted by atomic mass is 10.1. The van der Waals surface area contributed by atoms with Gasteiger partial charge in [-0.2, -0.15) is 9.98 Å². The number of nitrogens with one attached hydrogen (secondary N) is 1. The lowest BCUT2D eigenvalue weighted by Gasteiger charge is -2.25. The number of methoxy groups -OCH3 is 2. The normalized spacial score (nSPS) is 12.0. The van der Waals surface area contributed by atoms with Crippen LogP contribution in [-0.4, -0.2) is 51.1 Å². The van der Waals surface area contributed by atoms with E-state index in [1.54, 1.807) is 67.2 Å². The average molecular weight is 545 g/mol. The molecular weight excluding hydrogens is 516 g/mol. The SMILES string of the molecule is COc1ccc(CN(C)C(=O)C(CCn2cccc2C#N)NS(=O)(=O)c2c(C)cccc2Cl)cc1OC. The minimum Gasteiger partial charge on any atom is -0.493 e. The largest absolute Gasteiger partial charge is 0.493 e. The number of halogens is 1. The van der Waals surface area contributed by atoms with E-state index in [1.165, 1.54) is 25.2 Å². The second kappa shape index (κ2) is 12.1. The number of aromatic nitrogens is 1. The molecule has 9 nitrogen and oxygen atoms in total. The maximum atomic E-state index is 13.6. The van der Waals surface area contributed by atoms with Crippen molar-refractivity contribution in [1.29, 1.82) is 5.26 Å². The first-order valence-corrected chi connectivity index (χ1v) is 13.3. The Morgan fingerprint density at radius 3 is 2.54 bits per heavy atom.